The van der Waals surface area contributed by atoms with Crippen molar-refractivity contribution in [1.82, 2.24) is 14.7 Å². The summed E-state index contributed by atoms with van der Waals surface area (Å²) < 4.78 is 7.03. The largest absolute Gasteiger partial charge is 0.378 e. The summed E-state index contributed by atoms with van der Waals surface area (Å²) in [4.78, 5) is 13.0. The van der Waals surface area contributed by atoms with Crippen LogP contribution in [0.5, 0.6) is 0 Å². The summed E-state index contributed by atoms with van der Waals surface area (Å²) in [5, 5.41) is 15.3. The molecule has 3 heterocycles. The van der Waals surface area contributed by atoms with Crippen LogP contribution in [0.25, 0.3) is 6.08 Å². The fourth-order valence-corrected chi connectivity index (χ4v) is 2.98. The highest BCUT2D eigenvalue weighted by Crippen LogP contribution is 2.33. The lowest BCUT2D eigenvalue weighted by Gasteiger charge is -2.44. The molecule has 0 bridgehead atoms. The molecule has 7 heteroatoms. The molecule has 2 saturated heterocycles. The zero-order valence-corrected chi connectivity index (χ0v) is 11.3. The van der Waals surface area contributed by atoms with E-state index in [1.807, 2.05) is 0 Å². The van der Waals surface area contributed by atoms with E-state index in [1.165, 1.54) is 12.3 Å². The number of rotatable bonds is 4. The van der Waals surface area contributed by atoms with E-state index in [4.69, 9.17) is 4.74 Å². The van der Waals surface area contributed by atoms with E-state index < -0.39 is 4.92 Å². The molecule has 0 spiro atoms. The van der Waals surface area contributed by atoms with E-state index in [0.717, 1.165) is 39.0 Å². The van der Waals surface area contributed by atoms with Crippen LogP contribution in [0.1, 0.15) is 31.1 Å². The smallest absolute Gasteiger partial charge is 0.314 e. The molecule has 20 heavy (non-hydrogen) atoms. The lowest BCUT2D eigenvalue weighted by atomic mass is 10.0. The Balaban J connectivity index is 1.93. The van der Waals surface area contributed by atoms with Crippen LogP contribution in [0.3, 0.4) is 0 Å². The van der Waals surface area contributed by atoms with Gasteiger partial charge in [0.05, 0.1) is 24.2 Å². The summed E-state index contributed by atoms with van der Waals surface area (Å²) in [6.07, 6.45) is 6.13. The molecule has 1 aromatic rings. The van der Waals surface area contributed by atoms with Crippen LogP contribution in [0, 0.1) is 10.1 Å². The van der Waals surface area contributed by atoms with E-state index in [1.54, 1.807) is 4.68 Å². The summed E-state index contributed by atoms with van der Waals surface area (Å²) in [5.74, 6) is 0. The topological polar surface area (TPSA) is 73.4 Å². The third-order valence-corrected chi connectivity index (χ3v) is 4.09. The predicted molar refractivity (Wildman–Crippen MR) is 73.2 cm³/mol. The van der Waals surface area contributed by atoms with E-state index in [9.17, 15) is 10.1 Å². The first-order valence-corrected chi connectivity index (χ1v) is 6.90. The van der Waals surface area contributed by atoms with Gasteiger partial charge in [-0.05, 0) is 25.3 Å². The molecular formula is C13H18N4O3. The average Bonchev–Trinajstić information content (AvgIpc) is 2.81. The van der Waals surface area contributed by atoms with Crippen molar-refractivity contribution in [2.75, 3.05) is 19.8 Å². The van der Waals surface area contributed by atoms with Crippen molar-refractivity contribution in [3.05, 3.63) is 28.6 Å². The second-order valence-electron chi connectivity index (χ2n) is 5.23. The first kappa shape index (κ1) is 13.3. The lowest BCUT2D eigenvalue weighted by Crippen LogP contribution is -2.53. The van der Waals surface area contributed by atoms with Crippen molar-refractivity contribution in [2.24, 2.45) is 0 Å². The maximum Gasteiger partial charge on any atom is 0.314 e. The van der Waals surface area contributed by atoms with E-state index >= 15 is 0 Å². The molecule has 1 aromatic heterocycles. The minimum Gasteiger partial charge on any atom is -0.378 e. The van der Waals surface area contributed by atoms with Crippen molar-refractivity contribution in [2.45, 2.75) is 31.5 Å². The summed E-state index contributed by atoms with van der Waals surface area (Å²) in [5.41, 5.74) is 0.516. The molecule has 0 amide bonds. The van der Waals surface area contributed by atoms with Crippen molar-refractivity contribution in [3.8, 4) is 0 Å². The van der Waals surface area contributed by atoms with Crippen LogP contribution in [-0.2, 0) is 4.74 Å². The molecule has 1 unspecified atom stereocenters. The molecule has 108 valence electrons. The van der Waals surface area contributed by atoms with Gasteiger partial charge >= 0.3 is 5.69 Å². The monoisotopic (exact) mass is 278 g/mol. The van der Waals surface area contributed by atoms with Crippen LogP contribution >= 0.6 is 0 Å². The van der Waals surface area contributed by atoms with Gasteiger partial charge < -0.3 is 4.74 Å². The number of nitrogens with zero attached hydrogens (tertiary/aromatic N) is 4. The third-order valence-electron chi connectivity index (χ3n) is 4.09. The van der Waals surface area contributed by atoms with Crippen LogP contribution < -0.4 is 0 Å². The first-order valence-electron chi connectivity index (χ1n) is 6.90. The number of hydrogen-bond acceptors (Lipinski definition) is 5. The molecule has 0 radical (unpaired) electrons. The van der Waals surface area contributed by atoms with Gasteiger partial charge in [-0.15, -0.1) is 0 Å². The van der Waals surface area contributed by atoms with Crippen molar-refractivity contribution < 1.29 is 9.66 Å². The van der Waals surface area contributed by atoms with Gasteiger partial charge in [-0.2, -0.15) is 5.10 Å². The summed E-state index contributed by atoms with van der Waals surface area (Å²) in [6, 6.07) is 0.404. The van der Waals surface area contributed by atoms with E-state index in [-0.39, 0.29) is 11.9 Å². The SMILES string of the molecule is C=Cc1c([N+](=O)[O-])cnn1C1CCCCN1C1COC1. The minimum atomic E-state index is -0.403. The fourth-order valence-electron chi connectivity index (χ4n) is 2.98. The van der Waals surface area contributed by atoms with Gasteiger partial charge in [-0.25, -0.2) is 4.68 Å². The van der Waals surface area contributed by atoms with Gasteiger partial charge in [0.2, 0.25) is 0 Å². The minimum absolute atomic E-state index is 0.0235. The van der Waals surface area contributed by atoms with Crippen molar-refractivity contribution in [3.63, 3.8) is 0 Å². The summed E-state index contributed by atoms with van der Waals surface area (Å²) >= 11 is 0. The molecule has 1 atom stereocenters. The Kier molecular flexibility index (Phi) is 3.54. The van der Waals surface area contributed by atoms with Crippen LogP contribution in [-0.4, -0.2) is 45.4 Å². The van der Waals surface area contributed by atoms with E-state index in [2.05, 4.69) is 16.6 Å². The molecular weight excluding hydrogens is 260 g/mol. The molecule has 7 nitrogen and oxygen atoms in total. The highest BCUT2D eigenvalue weighted by Gasteiger charge is 2.36. The van der Waals surface area contributed by atoms with Crippen molar-refractivity contribution >= 4 is 11.8 Å². The second-order valence-corrected chi connectivity index (χ2v) is 5.23. The number of hydrogen-bond donors (Lipinski definition) is 0. The zero-order chi connectivity index (χ0) is 14.1. The average molecular weight is 278 g/mol. The van der Waals surface area contributed by atoms with Gasteiger partial charge in [0.15, 0.2) is 0 Å². The second kappa shape index (κ2) is 5.34. The van der Waals surface area contributed by atoms with Gasteiger partial charge in [0.25, 0.3) is 0 Å². The molecule has 2 aliphatic rings. The summed E-state index contributed by atoms with van der Waals surface area (Å²) in [6.45, 7) is 6.17. The number of nitro groups is 1. The van der Waals surface area contributed by atoms with Gasteiger partial charge in [0, 0.05) is 6.54 Å². The zero-order valence-electron chi connectivity index (χ0n) is 11.3. The fraction of sp³-hybridized carbons (Fsp3) is 0.615. The Labute approximate surface area is 117 Å². The number of aromatic nitrogens is 2. The lowest BCUT2D eigenvalue weighted by molar-refractivity contribution is -0.385. The highest BCUT2D eigenvalue weighted by atomic mass is 16.6. The molecule has 0 saturated carbocycles. The quantitative estimate of drug-likeness (QED) is 0.620. The molecule has 2 aliphatic heterocycles. The molecule has 2 fully saturated rings. The Morgan fingerprint density at radius 1 is 1.50 bits per heavy atom. The predicted octanol–water partition coefficient (Wildman–Crippen LogP) is 1.82. The number of piperidine rings is 1. The Hall–Kier alpha value is -1.73. The number of likely N-dealkylation sites (tertiary alicyclic amines) is 1. The van der Waals surface area contributed by atoms with Gasteiger partial charge in [-0.3, -0.25) is 15.0 Å². The van der Waals surface area contributed by atoms with Crippen LogP contribution in [0.15, 0.2) is 12.8 Å². The Morgan fingerprint density at radius 3 is 2.90 bits per heavy atom. The molecule has 0 N–H and O–H groups in total. The molecule has 0 aliphatic carbocycles. The standard InChI is InChI=1S/C13H18N4O3/c1-2-11-12(17(18)19)7-14-16(11)13-5-3-4-6-15(13)10-8-20-9-10/h2,7,10,13H,1,3-6,8-9H2. The maximum absolute atomic E-state index is 11.0. The summed E-state index contributed by atoms with van der Waals surface area (Å²) in [7, 11) is 0. The van der Waals surface area contributed by atoms with Crippen LogP contribution in [0.2, 0.25) is 0 Å². The Bertz CT molecular complexity index is 524. The van der Waals surface area contributed by atoms with Crippen molar-refractivity contribution in [1.29, 1.82) is 0 Å². The van der Waals surface area contributed by atoms with Crippen LogP contribution in [0.4, 0.5) is 5.69 Å². The molecule has 0 aromatic carbocycles. The third kappa shape index (κ3) is 2.12. The molecule has 3 rings (SSSR count). The first-order chi connectivity index (χ1) is 9.72. The normalized spacial score (nSPS) is 24.3. The highest BCUT2D eigenvalue weighted by molar-refractivity contribution is 5.55. The number of ether oxygens (including phenoxy) is 1. The van der Waals surface area contributed by atoms with Gasteiger partial charge in [0.1, 0.15) is 18.1 Å². The maximum atomic E-state index is 11.0. The van der Waals surface area contributed by atoms with Gasteiger partial charge in [-0.1, -0.05) is 6.58 Å². The Morgan fingerprint density at radius 2 is 2.30 bits per heavy atom. The van der Waals surface area contributed by atoms with E-state index in [0.29, 0.717) is 11.7 Å².